The average molecular weight is 290 g/mol. The third-order valence-corrected chi connectivity index (χ3v) is 3.46. The summed E-state index contributed by atoms with van der Waals surface area (Å²) in [5.41, 5.74) is 2.01. The molecular formula is C17H26N2O2. The Hall–Kier alpha value is -1.84. The molecule has 0 atom stereocenters. The third kappa shape index (κ3) is 6.43. The zero-order valence-electron chi connectivity index (χ0n) is 13.3. The van der Waals surface area contributed by atoms with Gasteiger partial charge < -0.3 is 10.2 Å². The van der Waals surface area contributed by atoms with Gasteiger partial charge in [-0.1, -0.05) is 38.8 Å². The van der Waals surface area contributed by atoms with E-state index in [1.807, 2.05) is 24.3 Å². The van der Waals surface area contributed by atoms with Crippen molar-refractivity contribution in [1.29, 1.82) is 0 Å². The molecule has 21 heavy (non-hydrogen) atoms. The molecule has 0 saturated carbocycles. The minimum atomic E-state index is -0.147. The largest absolute Gasteiger partial charge is 0.334 e. The van der Waals surface area contributed by atoms with E-state index in [9.17, 15) is 9.59 Å². The number of aryl methyl sites for hydroxylation is 1. The SMILES string of the molecule is CCCCCN(CC(=O)Nc1ccc(CC)cc1)C(C)=O. The van der Waals surface area contributed by atoms with E-state index in [4.69, 9.17) is 0 Å². The first-order chi connectivity index (χ1) is 10.1. The van der Waals surface area contributed by atoms with Crippen LogP contribution in [-0.4, -0.2) is 29.8 Å². The number of unbranched alkanes of at least 4 members (excludes halogenated alkanes) is 2. The normalized spacial score (nSPS) is 10.2. The number of hydrogen-bond acceptors (Lipinski definition) is 2. The minimum absolute atomic E-state index is 0.0532. The Morgan fingerprint density at radius 3 is 2.29 bits per heavy atom. The van der Waals surface area contributed by atoms with Gasteiger partial charge in [-0.3, -0.25) is 9.59 Å². The second-order valence-electron chi connectivity index (χ2n) is 5.25. The van der Waals surface area contributed by atoms with E-state index in [2.05, 4.69) is 19.2 Å². The minimum Gasteiger partial charge on any atom is -0.334 e. The summed E-state index contributed by atoms with van der Waals surface area (Å²) in [6, 6.07) is 7.79. The highest BCUT2D eigenvalue weighted by molar-refractivity contribution is 5.94. The molecule has 0 aliphatic heterocycles. The number of nitrogens with zero attached hydrogens (tertiary/aromatic N) is 1. The number of amides is 2. The van der Waals surface area contributed by atoms with Crippen LogP contribution in [0.2, 0.25) is 0 Å². The average Bonchev–Trinajstić information content (AvgIpc) is 2.47. The first kappa shape index (κ1) is 17.2. The Bertz CT molecular complexity index is 454. The maximum Gasteiger partial charge on any atom is 0.243 e. The summed E-state index contributed by atoms with van der Waals surface area (Å²) < 4.78 is 0. The van der Waals surface area contributed by atoms with E-state index in [1.54, 1.807) is 4.90 Å². The van der Waals surface area contributed by atoms with Crippen molar-refractivity contribution in [1.82, 2.24) is 4.90 Å². The summed E-state index contributed by atoms with van der Waals surface area (Å²) in [4.78, 5) is 25.2. The summed E-state index contributed by atoms with van der Waals surface area (Å²) in [6.45, 7) is 6.48. The number of carbonyl (C=O) groups excluding carboxylic acids is 2. The van der Waals surface area contributed by atoms with Crippen molar-refractivity contribution in [2.75, 3.05) is 18.4 Å². The van der Waals surface area contributed by atoms with Crippen molar-refractivity contribution >= 4 is 17.5 Å². The maximum atomic E-state index is 12.0. The van der Waals surface area contributed by atoms with Gasteiger partial charge in [0.25, 0.3) is 0 Å². The zero-order chi connectivity index (χ0) is 15.7. The van der Waals surface area contributed by atoms with Crippen molar-refractivity contribution in [3.8, 4) is 0 Å². The first-order valence-electron chi connectivity index (χ1n) is 7.71. The highest BCUT2D eigenvalue weighted by atomic mass is 16.2. The molecule has 0 saturated heterocycles. The number of anilines is 1. The predicted octanol–water partition coefficient (Wildman–Crippen LogP) is 3.23. The van der Waals surface area contributed by atoms with Gasteiger partial charge in [0.15, 0.2) is 0 Å². The topological polar surface area (TPSA) is 49.4 Å². The van der Waals surface area contributed by atoms with Gasteiger partial charge in [0.1, 0.15) is 0 Å². The van der Waals surface area contributed by atoms with Crippen LogP contribution >= 0.6 is 0 Å². The first-order valence-corrected chi connectivity index (χ1v) is 7.71. The fourth-order valence-corrected chi connectivity index (χ4v) is 2.10. The Morgan fingerprint density at radius 2 is 1.76 bits per heavy atom. The summed E-state index contributed by atoms with van der Waals surface area (Å²) in [5.74, 6) is -0.200. The van der Waals surface area contributed by atoms with Crippen LogP contribution in [0, 0.1) is 0 Å². The van der Waals surface area contributed by atoms with Crippen LogP contribution in [0.3, 0.4) is 0 Å². The molecule has 116 valence electrons. The number of rotatable bonds is 8. The van der Waals surface area contributed by atoms with E-state index < -0.39 is 0 Å². The van der Waals surface area contributed by atoms with Crippen molar-refractivity contribution in [2.45, 2.75) is 46.5 Å². The van der Waals surface area contributed by atoms with Gasteiger partial charge >= 0.3 is 0 Å². The molecule has 1 aromatic carbocycles. The highest BCUT2D eigenvalue weighted by Gasteiger charge is 2.13. The fraction of sp³-hybridized carbons (Fsp3) is 0.529. The molecule has 1 aromatic rings. The second-order valence-corrected chi connectivity index (χ2v) is 5.25. The summed E-state index contributed by atoms with van der Waals surface area (Å²) in [6.07, 6.45) is 4.09. The van der Waals surface area contributed by atoms with E-state index >= 15 is 0 Å². The molecule has 0 unspecified atom stereocenters. The number of carbonyl (C=O) groups is 2. The molecule has 0 aliphatic carbocycles. The summed E-state index contributed by atoms with van der Waals surface area (Å²) >= 11 is 0. The van der Waals surface area contributed by atoms with Gasteiger partial charge in [-0.25, -0.2) is 0 Å². The monoisotopic (exact) mass is 290 g/mol. The molecule has 4 nitrogen and oxygen atoms in total. The Balaban J connectivity index is 2.50. The number of benzene rings is 1. The van der Waals surface area contributed by atoms with E-state index in [0.717, 1.165) is 31.4 Å². The van der Waals surface area contributed by atoms with Gasteiger partial charge in [-0.05, 0) is 30.5 Å². The molecular weight excluding hydrogens is 264 g/mol. The lowest BCUT2D eigenvalue weighted by atomic mass is 10.1. The standard InChI is InChI=1S/C17H26N2O2/c1-4-6-7-12-19(14(3)20)13-17(21)18-16-10-8-15(5-2)9-11-16/h8-11H,4-7,12-13H2,1-3H3,(H,18,21). The van der Waals surface area contributed by atoms with Crippen molar-refractivity contribution in [3.05, 3.63) is 29.8 Å². The van der Waals surface area contributed by atoms with Crippen LogP contribution in [0.15, 0.2) is 24.3 Å². The molecule has 0 radical (unpaired) electrons. The van der Waals surface area contributed by atoms with E-state index in [-0.39, 0.29) is 18.4 Å². The zero-order valence-corrected chi connectivity index (χ0v) is 13.3. The summed E-state index contributed by atoms with van der Waals surface area (Å²) in [7, 11) is 0. The van der Waals surface area contributed by atoms with Crippen molar-refractivity contribution < 1.29 is 9.59 Å². The molecule has 1 N–H and O–H groups in total. The van der Waals surface area contributed by atoms with Gasteiger partial charge in [-0.15, -0.1) is 0 Å². The Kier molecular flexibility index (Phi) is 7.51. The lowest BCUT2D eigenvalue weighted by molar-refractivity contribution is -0.132. The Morgan fingerprint density at radius 1 is 1.10 bits per heavy atom. The Labute approximate surface area is 127 Å². The number of nitrogens with one attached hydrogen (secondary N) is 1. The van der Waals surface area contributed by atoms with E-state index in [1.165, 1.54) is 12.5 Å². The molecule has 0 aromatic heterocycles. The lowest BCUT2D eigenvalue weighted by Crippen LogP contribution is -2.37. The molecule has 1 rings (SSSR count). The van der Waals surface area contributed by atoms with Crippen LogP contribution in [-0.2, 0) is 16.0 Å². The highest BCUT2D eigenvalue weighted by Crippen LogP contribution is 2.10. The van der Waals surface area contributed by atoms with Gasteiger partial charge in [0.05, 0.1) is 6.54 Å². The molecule has 0 spiro atoms. The predicted molar refractivity (Wildman–Crippen MR) is 86.2 cm³/mol. The van der Waals surface area contributed by atoms with Crippen LogP contribution in [0.4, 0.5) is 5.69 Å². The number of hydrogen-bond donors (Lipinski definition) is 1. The third-order valence-electron chi connectivity index (χ3n) is 3.46. The van der Waals surface area contributed by atoms with E-state index in [0.29, 0.717) is 6.54 Å². The smallest absolute Gasteiger partial charge is 0.243 e. The molecule has 2 amide bonds. The van der Waals surface area contributed by atoms with Gasteiger partial charge in [0, 0.05) is 19.2 Å². The van der Waals surface area contributed by atoms with Gasteiger partial charge in [0.2, 0.25) is 11.8 Å². The van der Waals surface area contributed by atoms with Crippen LogP contribution < -0.4 is 5.32 Å². The van der Waals surface area contributed by atoms with Gasteiger partial charge in [-0.2, -0.15) is 0 Å². The molecule has 0 heterocycles. The second kappa shape index (κ2) is 9.16. The van der Waals surface area contributed by atoms with Crippen molar-refractivity contribution in [3.63, 3.8) is 0 Å². The molecule has 0 fully saturated rings. The summed E-state index contributed by atoms with van der Waals surface area (Å²) in [5, 5.41) is 2.84. The lowest BCUT2D eigenvalue weighted by Gasteiger charge is -2.20. The molecule has 0 aliphatic rings. The maximum absolute atomic E-state index is 12.0. The van der Waals surface area contributed by atoms with Crippen molar-refractivity contribution in [2.24, 2.45) is 0 Å². The quantitative estimate of drug-likeness (QED) is 0.747. The molecule has 0 bridgehead atoms. The fourth-order valence-electron chi connectivity index (χ4n) is 2.10. The van der Waals surface area contributed by atoms with Crippen LogP contribution in [0.25, 0.3) is 0 Å². The van der Waals surface area contributed by atoms with Crippen LogP contribution in [0.1, 0.15) is 45.6 Å². The molecule has 4 heteroatoms. The van der Waals surface area contributed by atoms with Crippen LogP contribution in [0.5, 0.6) is 0 Å².